The monoisotopic (exact) mass is 282 g/mol. The van der Waals surface area contributed by atoms with Crippen molar-refractivity contribution >= 4 is 5.97 Å². The lowest BCUT2D eigenvalue weighted by atomic mass is 9.97. The summed E-state index contributed by atoms with van der Waals surface area (Å²) in [7, 11) is 1.48. The third kappa shape index (κ3) is 7.31. The summed E-state index contributed by atoms with van der Waals surface area (Å²) in [4.78, 5) is 11.1. The van der Waals surface area contributed by atoms with Crippen molar-refractivity contribution in [3.05, 3.63) is 0 Å². The van der Waals surface area contributed by atoms with E-state index in [0.717, 1.165) is 24.7 Å². The number of methoxy groups -OCH3 is 1. The second-order valence-corrected chi connectivity index (χ2v) is 6.94. The summed E-state index contributed by atoms with van der Waals surface area (Å²) in [5.41, 5.74) is 0. The molecule has 2 saturated carbocycles. The average Bonchev–Trinajstić information content (AvgIpc) is 2.81. The van der Waals surface area contributed by atoms with Gasteiger partial charge in [-0.15, -0.1) is 0 Å². The summed E-state index contributed by atoms with van der Waals surface area (Å²) >= 11 is 0. The highest BCUT2D eigenvalue weighted by atomic mass is 16.5. The van der Waals surface area contributed by atoms with Crippen LogP contribution in [0.4, 0.5) is 0 Å². The van der Waals surface area contributed by atoms with Crippen molar-refractivity contribution in [2.24, 2.45) is 17.8 Å². The predicted octanol–water partition coefficient (Wildman–Crippen LogP) is 5.35. The zero-order valence-electron chi connectivity index (χ0n) is 13.8. The van der Waals surface area contributed by atoms with Crippen LogP contribution in [0.5, 0.6) is 0 Å². The lowest BCUT2D eigenvalue weighted by Gasteiger charge is -2.09. The first-order valence-corrected chi connectivity index (χ1v) is 8.71. The summed E-state index contributed by atoms with van der Waals surface area (Å²) in [6, 6.07) is 0. The van der Waals surface area contributed by atoms with Crippen molar-refractivity contribution in [1.29, 1.82) is 0 Å². The first-order valence-electron chi connectivity index (χ1n) is 8.71. The van der Waals surface area contributed by atoms with Crippen LogP contribution in [0.3, 0.4) is 0 Å². The molecule has 0 heterocycles. The number of carbonyl (C=O) groups is 1. The van der Waals surface area contributed by atoms with Crippen molar-refractivity contribution in [3.63, 3.8) is 0 Å². The van der Waals surface area contributed by atoms with E-state index in [0.29, 0.717) is 0 Å². The van der Waals surface area contributed by atoms with Gasteiger partial charge in [0.1, 0.15) is 0 Å². The third-order valence-electron chi connectivity index (χ3n) is 4.84. The Balaban J connectivity index is 0.000000204. The second kappa shape index (κ2) is 10.2. The third-order valence-corrected chi connectivity index (χ3v) is 4.84. The molecule has 0 amide bonds. The van der Waals surface area contributed by atoms with E-state index in [9.17, 15) is 4.79 Å². The molecule has 2 aliphatic rings. The summed E-state index contributed by atoms with van der Waals surface area (Å²) in [6.07, 6.45) is 14.4. The Morgan fingerprint density at radius 2 is 1.25 bits per heavy atom. The van der Waals surface area contributed by atoms with E-state index in [-0.39, 0.29) is 11.9 Å². The molecular formula is C18H34O2. The fourth-order valence-electron chi connectivity index (χ4n) is 3.59. The largest absolute Gasteiger partial charge is 0.469 e. The number of esters is 1. The summed E-state index contributed by atoms with van der Waals surface area (Å²) in [5, 5.41) is 0. The van der Waals surface area contributed by atoms with Gasteiger partial charge in [0.05, 0.1) is 13.0 Å². The maximum atomic E-state index is 11.1. The van der Waals surface area contributed by atoms with Crippen molar-refractivity contribution in [2.45, 2.75) is 84.5 Å². The number of rotatable bonds is 1. The van der Waals surface area contributed by atoms with Crippen LogP contribution in [-0.2, 0) is 9.53 Å². The van der Waals surface area contributed by atoms with Gasteiger partial charge in [0, 0.05) is 0 Å². The Morgan fingerprint density at radius 3 is 1.70 bits per heavy atom. The van der Waals surface area contributed by atoms with Gasteiger partial charge < -0.3 is 4.74 Å². The molecule has 0 aromatic rings. The van der Waals surface area contributed by atoms with Gasteiger partial charge in [0.15, 0.2) is 0 Å². The van der Waals surface area contributed by atoms with Crippen LogP contribution in [0.25, 0.3) is 0 Å². The fraction of sp³-hybridized carbons (Fsp3) is 0.944. The van der Waals surface area contributed by atoms with Crippen molar-refractivity contribution in [3.8, 4) is 0 Å². The van der Waals surface area contributed by atoms with Crippen molar-refractivity contribution in [1.82, 2.24) is 0 Å². The van der Waals surface area contributed by atoms with Gasteiger partial charge in [-0.3, -0.25) is 4.79 Å². The molecule has 118 valence electrons. The van der Waals surface area contributed by atoms with E-state index in [1.54, 1.807) is 0 Å². The van der Waals surface area contributed by atoms with Crippen LogP contribution in [0, 0.1) is 17.8 Å². The molecule has 2 heteroatoms. The molecule has 0 aromatic heterocycles. The Bertz CT molecular complexity index is 244. The lowest BCUT2D eigenvalue weighted by Crippen LogP contribution is -2.14. The standard InChI is InChI=1S/C9H16O2.C9H18/c1-11-9(10)8-6-4-2-3-5-7-8;1-8-5-3-4-6-9(2)7-8/h8H,2-7H2,1H3;8-9H,3-7H2,1-2H3. The van der Waals surface area contributed by atoms with Crippen LogP contribution in [0.1, 0.15) is 84.5 Å². The van der Waals surface area contributed by atoms with Gasteiger partial charge in [-0.05, 0) is 31.1 Å². The first-order chi connectivity index (χ1) is 9.63. The number of ether oxygens (including phenoxy) is 1. The molecule has 2 atom stereocenters. The minimum atomic E-state index is -0.00750. The number of hydrogen-bond donors (Lipinski definition) is 0. The first kappa shape index (κ1) is 17.5. The van der Waals surface area contributed by atoms with Gasteiger partial charge in [-0.25, -0.2) is 0 Å². The summed E-state index contributed by atoms with van der Waals surface area (Å²) in [6.45, 7) is 4.78. The zero-order chi connectivity index (χ0) is 14.8. The van der Waals surface area contributed by atoms with E-state index < -0.39 is 0 Å². The van der Waals surface area contributed by atoms with Crippen molar-refractivity contribution in [2.75, 3.05) is 7.11 Å². The fourth-order valence-corrected chi connectivity index (χ4v) is 3.59. The van der Waals surface area contributed by atoms with Gasteiger partial charge in [0.25, 0.3) is 0 Å². The SMILES string of the molecule is CC1CCCCC(C)C1.COC(=O)C1CCCCCC1. The smallest absolute Gasteiger partial charge is 0.308 e. The van der Waals surface area contributed by atoms with Crippen LogP contribution in [-0.4, -0.2) is 13.1 Å². The van der Waals surface area contributed by atoms with Crippen molar-refractivity contribution < 1.29 is 9.53 Å². The maximum absolute atomic E-state index is 11.1. The molecule has 0 aliphatic heterocycles. The highest BCUT2D eigenvalue weighted by molar-refractivity contribution is 5.72. The Kier molecular flexibility index (Phi) is 8.97. The van der Waals surface area contributed by atoms with E-state index in [2.05, 4.69) is 13.8 Å². The maximum Gasteiger partial charge on any atom is 0.308 e. The van der Waals surface area contributed by atoms with Gasteiger partial charge in [0.2, 0.25) is 0 Å². The minimum absolute atomic E-state index is 0.00750. The lowest BCUT2D eigenvalue weighted by molar-refractivity contribution is -0.145. The van der Waals surface area contributed by atoms with Gasteiger partial charge in [-0.1, -0.05) is 65.2 Å². The normalized spacial score (nSPS) is 28.6. The molecule has 0 aromatic carbocycles. The van der Waals surface area contributed by atoms with E-state index >= 15 is 0 Å². The molecule has 2 nitrogen and oxygen atoms in total. The predicted molar refractivity (Wildman–Crippen MR) is 84.6 cm³/mol. The molecule has 0 saturated heterocycles. The highest BCUT2D eigenvalue weighted by Crippen LogP contribution is 2.26. The molecule has 20 heavy (non-hydrogen) atoms. The summed E-state index contributed by atoms with van der Waals surface area (Å²) < 4.78 is 4.71. The molecule has 0 bridgehead atoms. The average molecular weight is 282 g/mol. The zero-order valence-corrected chi connectivity index (χ0v) is 13.8. The van der Waals surface area contributed by atoms with Crippen LogP contribution < -0.4 is 0 Å². The highest BCUT2D eigenvalue weighted by Gasteiger charge is 2.19. The molecular weight excluding hydrogens is 248 g/mol. The van der Waals surface area contributed by atoms with E-state index in [1.165, 1.54) is 64.9 Å². The molecule has 2 unspecified atom stereocenters. The molecule has 0 spiro atoms. The quantitative estimate of drug-likeness (QED) is 0.478. The number of hydrogen-bond acceptors (Lipinski definition) is 2. The van der Waals surface area contributed by atoms with Gasteiger partial charge in [-0.2, -0.15) is 0 Å². The van der Waals surface area contributed by atoms with Crippen LogP contribution >= 0.6 is 0 Å². The second-order valence-electron chi connectivity index (χ2n) is 6.94. The topological polar surface area (TPSA) is 26.3 Å². The van der Waals surface area contributed by atoms with Crippen LogP contribution in [0.15, 0.2) is 0 Å². The van der Waals surface area contributed by atoms with Crippen LogP contribution in [0.2, 0.25) is 0 Å². The molecule has 2 aliphatic carbocycles. The molecule has 0 N–H and O–H groups in total. The Hall–Kier alpha value is -0.530. The number of carbonyl (C=O) groups excluding carboxylic acids is 1. The molecule has 0 radical (unpaired) electrons. The Labute approximate surface area is 125 Å². The van der Waals surface area contributed by atoms with Gasteiger partial charge >= 0.3 is 5.97 Å². The van der Waals surface area contributed by atoms with E-state index in [4.69, 9.17) is 4.74 Å². The molecule has 2 rings (SSSR count). The summed E-state index contributed by atoms with van der Waals surface area (Å²) in [5.74, 6) is 2.19. The van der Waals surface area contributed by atoms with E-state index in [1.807, 2.05) is 0 Å². The minimum Gasteiger partial charge on any atom is -0.469 e. The Morgan fingerprint density at radius 1 is 0.800 bits per heavy atom. The molecule has 2 fully saturated rings.